The average Bonchev–Trinajstić information content (AvgIpc) is 2.77. The average molecular weight is 253 g/mol. The van der Waals surface area contributed by atoms with Crippen LogP contribution in [-0.2, 0) is 0 Å². The number of hydrogen-bond acceptors (Lipinski definition) is 4. The van der Waals surface area contributed by atoms with Crippen molar-refractivity contribution in [3.05, 3.63) is 17.8 Å². The number of hydrogen-bond donors (Lipinski definition) is 2. The molecule has 0 bridgehead atoms. The van der Waals surface area contributed by atoms with Crippen molar-refractivity contribution in [3.8, 4) is 0 Å². The second-order valence-electron chi connectivity index (χ2n) is 5.00. The Bertz CT molecular complexity index is 387. The molecule has 0 fully saturated rings. The van der Waals surface area contributed by atoms with Crippen LogP contribution in [0.1, 0.15) is 63.0 Å². The van der Waals surface area contributed by atoms with Crippen molar-refractivity contribution in [2.45, 2.75) is 52.6 Å². The van der Waals surface area contributed by atoms with Crippen LogP contribution in [-0.4, -0.2) is 16.9 Å². The summed E-state index contributed by atoms with van der Waals surface area (Å²) in [6.07, 6.45) is 3.34. The van der Waals surface area contributed by atoms with E-state index in [9.17, 15) is 4.79 Å². The van der Waals surface area contributed by atoms with E-state index < -0.39 is 0 Å². The lowest BCUT2D eigenvalue weighted by atomic mass is 10.1. The van der Waals surface area contributed by atoms with Crippen LogP contribution in [0.2, 0.25) is 0 Å². The Labute approximate surface area is 108 Å². The van der Waals surface area contributed by atoms with Gasteiger partial charge in [0.05, 0.1) is 6.04 Å². The first-order chi connectivity index (χ1) is 8.45. The summed E-state index contributed by atoms with van der Waals surface area (Å²) in [7, 11) is 0. The van der Waals surface area contributed by atoms with Crippen molar-refractivity contribution in [1.82, 2.24) is 10.3 Å². The fraction of sp³-hybridized carbons (Fsp3) is 0.692. The van der Waals surface area contributed by atoms with Gasteiger partial charge in [-0.25, -0.2) is 4.98 Å². The Morgan fingerprint density at radius 2 is 2.17 bits per heavy atom. The number of carbonyl (C=O) groups is 1. The molecule has 1 amide bonds. The van der Waals surface area contributed by atoms with Gasteiger partial charge in [0.2, 0.25) is 5.89 Å². The molecule has 0 aliphatic rings. The molecule has 102 valence electrons. The van der Waals surface area contributed by atoms with E-state index >= 15 is 0 Å². The topological polar surface area (TPSA) is 81.2 Å². The van der Waals surface area contributed by atoms with Gasteiger partial charge in [0.25, 0.3) is 5.91 Å². The molecule has 0 aliphatic carbocycles. The van der Waals surface area contributed by atoms with Gasteiger partial charge >= 0.3 is 0 Å². The van der Waals surface area contributed by atoms with E-state index in [1.165, 1.54) is 6.26 Å². The quantitative estimate of drug-likeness (QED) is 0.814. The third-order valence-corrected chi connectivity index (χ3v) is 2.86. The molecule has 1 aromatic rings. The molecule has 0 saturated heterocycles. The van der Waals surface area contributed by atoms with Gasteiger partial charge in [-0.3, -0.25) is 4.79 Å². The zero-order chi connectivity index (χ0) is 13.7. The van der Waals surface area contributed by atoms with E-state index in [1.54, 1.807) is 0 Å². The molecule has 1 rings (SSSR count). The summed E-state index contributed by atoms with van der Waals surface area (Å²) in [5.41, 5.74) is 6.21. The van der Waals surface area contributed by atoms with Gasteiger partial charge in [0.1, 0.15) is 6.26 Å². The highest BCUT2D eigenvalue weighted by atomic mass is 16.3. The molecule has 2 atom stereocenters. The smallest absolute Gasteiger partial charge is 0.273 e. The number of aromatic nitrogens is 1. The van der Waals surface area contributed by atoms with E-state index in [0.29, 0.717) is 11.6 Å². The summed E-state index contributed by atoms with van der Waals surface area (Å²) in [5.74, 6) is 0.429. The maximum atomic E-state index is 11.9. The zero-order valence-electron chi connectivity index (χ0n) is 11.6. The molecule has 1 aromatic heterocycles. The normalized spacial score (nSPS) is 14.6. The van der Waals surface area contributed by atoms with E-state index in [1.807, 2.05) is 20.8 Å². The van der Waals surface area contributed by atoms with Gasteiger partial charge in [-0.1, -0.05) is 27.2 Å². The molecule has 1 heterocycles. The largest absolute Gasteiger partial charge is 0.446 e. The second-order valence-corrected chi connectivity index (χ2v) is 5.00. The summed E-state index contributed by atoms with van der Waals surface area (Å²) in [4.78, 5) is 16.0. The van der Waals surface area contributed by atoms with Crippen molar-refractivity contribution in [2.24, 2.45) is 11.7 Å². The Morgan fingerprint density at radius 1 is 1.50 bits per heavy atom. The van der Waals surface area contributed by atoms with Crippen LogP contribution in [0.25, 0.3) is 0 Å². The fourth-order valence-corrected chi connectivity index (χ4v) is 1.63. The predicted octanol–water partition coefficient (Wildman–Crippen LogP) is 2.25. The minimum atomic E-state index is -0.278. The second kappa shape index (κ2) is 6.54. The highest BCUT2D eigenvalue weighted by Gasteiger charge is 2.19. The lowest BCUT2D eigenvalue weighted by molar-refractivity contribution is 0.0933. The molecule has 0 radical (unpaired) electrons. The number of rotatable bonds is 6. The summed E-state index contributed by atoms with van der Waals surface area (Å²) in [5, 5.41) is 2.88. The van der Waals surface area contributed by atoms with Gasteiger partial charge in [0.15, 0.2) is 5.69 Å². The zero-order valence-corrected chi connectivity index (χ0v) is 11.6. The molecular formula is C13H23N3O2. The lowest BCUT2D eigenvalue weighted by Gasteiger charge is -2.11. The Morgan fingerprint density at radius 3 is 2.72 bits per heavy atom. The molecule has 0 aliphatic heterocycles. The highest BCUT2D eigenvalue weighted by Crippen LogP contribution is 2.17. The van der Waals surface area contributed by atoms with Crippen LogP contribution in [0.3, 0.4) is 0 Å². The third-order valence-electron chi connectivity index (χ3n) is 2.86. The molecule has 18 heavy (non-hydrogen) atoms. The highest BCUT2D eigenvalue weighted by molar-refractivity contribution is 5.92. The number of nitrogens with zero attached hydrogens (tertiary/aromatic N) is 1. The van der Waals surface area contributed by atoms with Gasteiger partial charge in [-0.2, -0.15) is 0 Å². The van der Waals surface area contributed by atoms with Gasteiger partial charge < -0.3 is 15.5 Å². The lowest BCUT2D eigenvalue weighted by Crippen LogP contribution is -2.32. The van der Waals surface area contributed by atoms with Crippen LogP contribution in [0.4, 0.5) is 0 Å². The van der Waals surface area contributed by atoms with Gasteiger partial charge in [-0.05, 0) is 19.3 Å². The summed E-state index contributed by atoms with van der Waals surface area (Å²) in [6, 6.07) is -0.138. The molecule has 0 spiro atoms. The van der Waals surface area contributed by atoms with E-state index in [0.717, 1.165) is 12.8 Å². The van der Waals surface area contributed by atoms with Crippen LogP contribution in [0, 0.1) is 5.92 Å². The third kappa shape index (κ3) is 3.84. The minimum absolute atomic E-state index is 0.140. The number of amides is 1. The first-order valence-corrected chi connectivity index (χ1v) is 6.47. The summed E-state index contributed by atoms with van der Waals surface area (Å²) in [6.45, 7) is 8.02. The maximum absolute atomic E-state index is 11.9. The van der Waals surface area contributed by atoms with E-state index in [-0.39, 0.29) is 23.9 Å². The molecule has 2 unspecified atom stereocenters. The molecule has 5 heteroatoms. The monoisotopic (exact) mass is 253 g/mol. The minimum Gasteiger partial charge on any atom is -0.446 e. The molecule has 3 N–H and O–H groups in total. The Kier molecular flexibility index (Phi) is 5.34. The van der Waals surface area contributed by atoms with Crippen LogP contribution in [0.15, 0.2) is 10.7 Å². The predicted molar refractivity (Wildman–Crippen MR) is 70.1 cm³/mol. The molecule has 0 saturated carbocycles. The number of nitrogens with one attached hydrogen (secondary N) is 1. The van der Waals surface area contributed by atoms with Crippen molar-refractivity contribution in [3.63, 3.8) is 0 Å². The van der Waals surface area contributed by atoms with Crippen molar-refractivity contribution >= 4 is 5.91 Å². The van der Waals surface area contributed by atoms with E-state index in [4.69, 9.17) is 10.2 Å². The number of oxazole rings is 1. The van der Waals surface area contributed by atoms with Crippen molar-refractivity contribution < 1.29 is 9.21 Å². The Balaban J connectivity index is 2.65. The first kappa shape index (κ1) is 14.7. The van der Waals surface area contributed by atoms with E-state index in [2.05, 4.69) is 17.2 Å². The maximum Gasteiger partial charge on any atom is 0.273 e. The molecular weight excluding hydrogens is 230 g/mol. The van der Waals surface area contributed by atoms with Crippen LogP contribution >= 0.6 is 0 Å². The van der Waals surface area contributed by atoms with Gasteiger partial charge in [0, 0.05) is 6.04 Å². The SMILES string of the molecule is CCCC(C)NC(=O)c1coc(C(N)C(C)C)n1. The number of nitrogens with two attached hydrogens (primary N) is 1. The summed E-state index contributed by atoms with van der Waals surface area (Å²) < 4.78 is 5.25. The molecule has 0 aromatic carbocycles. The van der Waals surface area contributed by atoms with Crippen LogP contribution in [0.5, 0.6) is 0 Å². The van der Waals surface area contributed by atoms with Crippen LogP contribution < -0.4 is 11.1 Å². The summed E-state index contributed by atoms with van der Waals surface area (Å²) >= 11 is 0. The van der Waals surface area contributed by atoms with Crippen molar-refractivity contribution in [1.29, 1.82) is 0 Å². The van der Waals surface area contributed by atoms with Crippen molar-refractivity contribution in [2.75, 3.05) is 0 Å². The van der Waals surface area contributed by atoms with Gasteiger partial charge in [-0.15, -0.1) is 0 Å². The molecule has 5 nitrogen and oxygen atoms in total. The number of carbonyl (C=O) groups excluding carboxylic acids is 1. The standard InChI is InChI=1S/C13H23N3O2/c1-5-6-9(4)15-12(17)10-7-18-13(16-10)11(14)8(2)3/h7-9,11H,5-6,14H2,1-4H3,(H,15,17). The first-order valence-electron chi connectivity index (χ1n) is 6.47. The Hall–Kier alpha value is -1.36. The fourth-order valence-electron chi connectivity index (χ4n) is 1.63.